The van der Waals surface area contributed by atoms with Crippen LogP contribution in [0.25, 0.3) is 0 Å². The van der Waals surface area contributed by atoms with Crippen molar-refractivity contribution in [2.24, 2.45) is 11.8 Å². The summed E-state index contributed by atoms with van der Waals surface area (Å²) in [5.41, 5.74) is 0.736. The Hall–Kier alpha value is -2.08. The van der Waals surface area contributed by atoms with E-state index in [1.54, 1.807) is 12.0 Å². The van der Waals surface area contributed by atoms with Crippen molar-refractivity contribution in [1.82, 2.24) is 10.2 Å². The van der Waals surface area contributed by atoms with Gasteiger partial charge in [0.2, 0.25) is 11.8 Å². The van der Waals surface area contributed by atoms with E-state index >= 15 is 0 Å². The highest BCUT2D eigenvalue weighted by Crippen LogP contribution is 2.32. The summed E-state index contributed by atoms with van der Waals surface area (Å²) in [5.74, 6) is 0.813. The average molecular weight is 373 g/mol. The quantitative estimate of drug-likeness (QED) is 0.831. The minimum Gasteiger partial charge on any atom is -0.495 e. The molecular weight excluding hydrogens is 342 g/mol. The van der Waals surface area contributed by atoms with Gasteiger partial charge in [0.25, 0.3) is 0 Å². The number of ether oxygens (including phenoxy) is 1. The van der Waals surface area contributed by atoms with Gasteiger partial charge in [0, 0.05) is 32.1 Å². The molecule has 2 amide bonds. The molecule has 3 rings (SSSR count). The molecule has 0 aromatic heterocycles. The number of methoxy groups -OCH3 is 1. The van der Waals surface area contributed by atoms with Gasteiger partial charge in [0.1, 0.15) is 5.75 Å². The van der Waals surface area contributed by atoms with Gasteiger partial charge >= 0.3 is 0 Å². The second kappa shape index (κ2) is 8.74. The van der Waals surface area contributed by atoms with Gasteiger partial charge in [-0.05, 0) is 51.3 Å². The maximum atomic E-state index is 12.6. The fourth-order valence-corrected chi connectivity index (χ4v) is 4.09. The number of benzene rings is 1. The minimum absolute atomic E-state index is 0.0116. The van der Waals surface area contributed by atoms with Crippen molar-refractivity contribution in [2.45, 2.75) is 39.2 Å². The molecule has 0 spiro atoms. The van der Waals surface area contributed by atoms with Gasteiger partial charge in [0.15, 0.2) is 0 Å². The van der Waals surface area contributed by atoms with Gasteiger partial charge in [-0.2, -0.15) is 0 Å². The number of nitrogens with one attached hydrogen (secondary N) is 1. The zero-order valence-corrected chi connectivity index (χ0v) is 16.6. The van der Waals surface area contributed by atoms with Crippen molar-refractivity contribution in [3.63, 3.8) is 0 Å². The van der Waals surface area contributed by atoms with Crippen molar-refractivity contribution in [1.29, 1.82) is 0 Å². The van der Waals surface area contributed by atoms with E-state index in [1.165, 1.54) is 6.42 Å². The van der Waals surface area contributed by atoms with E-state index in [9.17, 15) is 9.59 Å². The number of hydrogen-bond acceptors (Lipinski definition) is 4. The molecule has 2 unspecified atom stereocenters. The Balaban J connectivity index is 1.55. The van der Waals surface area contributed by atoms with Crippen LogP contribution in [0, 0.1) is 11.8 Å². The number of rotatable bonds is 6. The number of anilines is 1. The Morgan fingerprint density at radius 2 is 2.07 bits per heavy atom. The first kappa shape index (κ1) is 19.7. The van der Waals surface area contributed by atoms with Crippen LogP contribution in [0.4, 0.5) is 5.69 Å². The number of amides is 2. The zero-order valence-electron chi connectivity index (χ0n) is 16.6. The highest BCUT2D eigenvalue weighted by Gasteiger charge is 2.36. The second-order valence-electron chi connectivity index (χ2n) is 7.92. The molecule has 0 aliphatic carbocycles. The Morgan fingerprint density at radius 3 is 2.81 bits per heavy atom. The van der Waals surface area contributed by atoms with Crippen LogP contribution in [0.2, 0.25) is 0 Å². The van der Waals surface area contributed by atoms with Gasteiger partial charge in [-0.1, -0.05) is 12.1 Å². The number of para-hydroxylation sites is 2. The van der Waals surface area contributed by atoms with E-state index in [-0.39, 0.29) is 24.2 Å². The molecule has 1 N–H and O–H groups in total. The number of carbonyl (C=O) groups excluding carboxylic acids is 2. The number of piperidine rings is 1. The third-order valence-corrected chi connectivity index (χ3v) is 5.72. The molecule has 0 saturated carbocycles. The highest BCUT2D eigenvalue weighted by atomic mass is 16.5. The standard InChI is InChI=1S/C21H31N3O3/c1-15(2)23-10-6-7-16(13-23)12-22-21(26)17-11-20(25)24(14-17)18-8-4-5-9-19(18)27-3/h4-5,8-9,15-17H,6-7,10-14H2,1-3H3,(H,22,26). The lowest BCUT2D eigenvalue weighted by molar-refractivity contribution is -0.126. The molecule has 27 heavy (non-hydrogen) atoms. The fraction of sp³-hybridized carbons (Fsp3) is 0.619. The average Bonchev–Trinajstić information content (AvgIpc) is 3.07. The van der Waals surface area contributed by atoms with Crippen molar-refractivity contribution < 1.29 is 14.3 Å². The van der Waals surface area contributed by atoms with Gasteiger partial charge in [-0.3, -0.25) is 9.59 Å². The lowest BCUT2D eigenvalue weighted by Gasteiger charge is -2.35. The number of hydrogen-bond donors (Lipinski definition) is 1. The van der Waals surface area contributed by atoms with Crippen LogP contribution in [-0.2, 0) is 9.59 Å². The van der Waals surface area contributed by atoms with Crippen molar-refractivity contribution in [2.75, 3.05) is 38.2 Å². The molecule has 6 heteroatoms. The van der Waals surface area contributed by atoms with Crippen molar-refractivity contribution >= 4 is 17.5 Å². The number of likely N-dealkylation sites (tertiary alicyclic amines) is 1. The zero-order chi connectivity index (χ0) is 19.4. The molecule has 2 aliphatic rings. The maximum absolute atomic E-state index is 12.6. The Kier molecular flexibility index (Phi) is 6.37. The first-order chi connectivity index (χ1) is 13.0. The van der Waals surface area contributed by atoms with Crippen molar-refractivity contribution in [3.05, 3.63) is 24.3 Å². The molecule has 2 atom stereocenters. The highest BCUT2D eigenvalue weighted by molar-refractivity contribution is 6.01. The van der Waals surface area contributed by atoms with Crippen LogP contribution < -0.4 is 15.0 Å². The predicted octanol–water partition coefficient (Wildman–Crippen LogP) is 2.28. The SMILES string of the molecule is COc1ccccc1N1CC(C(=O)NCC2CCCN(C(C)C)C2)CC1=O. The molecule has 2 heterocycles. The van der Waals surface area contributed by atoms with Crippen LogP contribution >= 0.6 is 0 Å². The summed E-state index contributed by atoms with van der Waals surface area (Å²) in [6.07, 6.45) is 2.59. The molecule has 1 aromatic rings. The van der Waals surface area contributed by atoms with Crippen LogP contribution in [0.1, 0.15) is 33.1 Å². The molecule has 2 aliphatic heterocycles. The molecule has 6 nitrogen and oxygen atoms in total. The van der Waals surface area contributed by atoms with Gasteiger partial charge in [-0.25, -0.2) is 0 Å². The Bertz CT molecular complexity index is 676. The van der Waals surface area contributed by atoms with E-state index in [2.05, 4.69) is 24.1 Å². The number of nitrogens with zero attached hydrogens (tertiary/aromatic N) is 2. The summed E-state index contributed by atoms with van der Waals surface area (Å²) >= 11 is 0. The Labute approximate surface area is 161 Å². The predicted molar refractivity (Wildman–Crippen MR) is 106 cm³/mol. The topological polar surface area (TPSA) is 61.9 Å². The normalized spacial score (nSPS) is 23.7. The van der Waals surface area contributed by atoms with Gasteiger partial charge < -0.3 is 19.9 Å². The van der Waals surface area contributed by atoms with Crippen LogP contribution in [-0.4, -0.2) is 56.0 Å². The summed E-state index contributed by atoms with van der Waals surface area (Å²) in [6, 6.07) is 7.99. The first-order valence-electron chi connectivity index (χ1n) is 9.94. The van der Waals surface area contributed by atoms with E-state index in [0.717, 1.165) is 25.2 Å². The van der Waals surface area contributed by atoms with E-state index in [0.29, 0.717) is 30.8 Å². The summed E-state index contributed by atoms with van der Waals surface area (Å²) < 4.78 is 5.36. The van der Waals surface area contributed by atoms with Gasteiger partial charge in [-0.15, -0.1) is 0 Å². The van der Waals surface area contributed by atoms with E-state index in [4.69, 9.17) is 4.74 Å². The molecule has 0 radical (unpaired) electrons. The second-order valence-corrected chi connectivity index (χ2v) is 7.92. The molecule has 0 bridgehead atoms. The summed E-state index contributed by atoms with van der Waals surface area (Å²) in [7, 11) is 1.59. The molecular formula is C21H31N3O3. The summed E-state index contributed by atoms with van der Waals surface area (Å²) in [6.45, 7) is 7.73. The first-order valence-corrected chi connectivity index (χ1v) is 9.94. The molecule has 2 fully saturated rings. The fourth-order valence-electron chi connectivity index (χ4n) is 4.09. The largest absolute Gasteiger partial charge is 0.495 e. The summed E-state index contributed by atoms with van der Waals surface area (Å²) in [4.78, 5) is 29.3. The molecule has 1 aromatic carbocycles. The van der Waals surface area contributed by atoms with Crippen LogP contribution in [0.5, 0.6) is 5.75 Å². The monoisotopic (exact) mass is 373 g/mol. The van der Waals surface area contributed by atoms with Crippen LogP contribution in [0.15, 0.2) is 24.3 Å². The smallest absolute Gasteiger partial charge is 0.227 e. The third-order valence-electron chi connectivity index (χ3n) is 5.72. The van der Waals surface area contributed by atoms with Crippen LogP contribution in [0.3, 0.4) is 0 Å². The Morgan fingerprint density at radius 1 is 1.30 bits per heavy atom. The summed E-state index contributed by atoms with van der Waals surface area (Å²) in [5, 5.41) is 3.10. The lowest BCUT2D eigenvalue weighted by Crippen LogP contribution is -2.44. The minimum atomic E-state index is -0.299. The van der Waals surface area contributed by atoms with E-state index < -0.39 is 0 Å². The van der Waals surface area contributed by atoms with E-state index in [1.807, 2.05) is 24.3 Å². The van der Waals surface area contributed by atoms with Gasteiger partial charge in [0.05, 0.1) is 18.7 Å². The number of carbonyl (C=O) groups is 2. The lowest BCUT2D eigenvalue weighted by atomic mass is 9.96. The van der Waals surface area contributed by atoms with Crippen molar-refractivity contribution in [3.8, 4) is 5.75 Å². The third kappa shape index (κ3) is 4.61. The molecule has 2 saturated heterocycles. The maximum Gasteiger partial charge on any atom is 0.227 e. The molecule has 148 valence electrons.